The molecule has 0 aliphatic heterocycles. The van der Waals surface area contributed by atoms with Crippen molar-refractivity contribution in [2.24, 2.45) is 0 Å². The summed E-state index contributed by atoms with van der Waals surface area (Å²) in [5.74, 6) is 0.802. The standard InChI is InChI=1S/C21H22N4O5/c1-21(2,3)17-11-18(25-30-17)24-20(28)23-12-13-4-6-14(7-5-13)29-15-8-9-22-16(10-15)19(26)27/h4-11H,12H2,1-3H3,(H,26,27)(H2,23,24,25,28). The Morgan fingerprint density at radius 1 is 1.10 bits per heavy atom. The number of carbonyl (C=O) groups is 2. The zero-order valence-corrected chi connectivity index (χ0v) is 16.8. The number of rotatable bonds is 6. The molecule has 0 saturated carbocycles. The third-order valence-electron chi connectivity index (χ3n) is 4.05. The van der Waals surface area contributed by atoms with Crippen LogP contribution in [-0.2, 0) is 12.0 Å². The summed E-state index contributed by atoms with van der Waals surface area (Å²) in [5.41, 5.74) is 0.564. The van der Waals surface area contributed by atoms with Crippen molar-refractivity contribution in [1.29, 1.82) is 0 Å². The fourth-order valence-electron chi connectivity index (χ4n) is 2.43. The molecule has 0 aliphatic rings. The summed E-state index contributed by atoms with van der Waals surface area (Å²) < 4.78 is 10.9. The van der Waals surface area contributed by atoms with Gasteiger partial charge in [0.25, 0.3) is 0 Å². The zero-order valence-electron chi connectivity index (χ0n) is 16.8. The van der Waals surface area contributed by atoms with E-state index in [2.05, 4.69) is 20.8 Å². The number of hydrogen-bond acceptors (Lipinski definition) is 6. The van der Waals surface area contributed by atoms with E-state index >= 15 is 0 Å². The molecule has 30 heavy (non-hydrogen) atoms. The van der Waals surface area contributed by atoms with Crippen LogP contribution in [0, 0.1) is 0 Å². The number of aromatic nitrogens is 2. The van der Waals surface area contributed by atoms with E-state index in [0.29, 0.717) is 29.6 Å². The number of nitrogens with one attached hydrogen (secondary N) is 2. The fourth-order valence-corrected chi connectivity index (χ4v) is 2.43. The molecule has 0 bridgehead atoms. The van der Waals surface area contributed by atoms with Gasteiger partial charge in [-0.1, -0.05) is 38.1 Å². The number of ether oxygens (including phenoxy) is 1. The van der Waals surface area contributed by atoms with Gasteiger partial charge in [-0.3, -0.25) is 5.32 Å². The summed E-state index contributed by atoms with van der Waals surface area (Å²) in [5, 5.41) is 18.2. The van der Waals surface area contributed by atoms with Gasteiger partial charge in [0.1, 0.15) is 17.3 Å². The maximum Gasteiger partial charge on any atom is 0.354 e. The molecule has 3 rings (SSSR count). The summed E-state index contributed by atoms with van der Waals surface area (Å²) in [6.45, 7) is 6.27. The molecular weight excluding hydrogens is 388 g/mol. The molecule has 0 radical (unpaired) electrons. The predicted molar refractivity (Wildman–Crippen MR) is 109 cm³/mol. The monoisotopic (exact) mass is 410 g/mol. The number of pyridine rings is 1. The van der Waals surface area contributed by atoms with Crippen molar-refractivity contribution in [1.82, 2.24) is 15.5 Å². The predicted octanol–water partition coefficient (Wildman–Crippen LogP) is 4.18. The molecule has 1 aromatic carbocycles. The summed E-state index contributed by atoms with van der Waals surface area (Å²) in [6.07, 6.45) is 1.37. The van der Waals surface area contributed by atoms with Crippen LogP contribution in [0.15, 0.2) is 53.2 Å². The number of amides is 2. The topological polar surface area (TPSA) is 127 Å². The lowest BCUT2D eigenvalue weighted by atomic mass is 9.93. The van der Waals surface area contributed by atoms with Gasteiger partial charge >= 0.3 is 12.0 Å². The van der Waals surface area contributed by atoms with E-state index in [-0.39, 0.29) is 11.1 Å². The van der Waals surface area contributed by atoms with Gasteiger partial charge in [0, 0.05) is 30.3 Å². The molecule has 156 valence electrons. The fraction of sp³-hybridized carbons (Fsp3) is 0.238. The van der Waals surface area contributed by atoms with E-state index in [1.807, 2.05) is 20.8 Å². The molecule has 2 heterocycles. The van der Waals surface area contributed by atoms with E-state index in [0.717, 1.165) is 5.56 Å². The Balaban J connectivity index is 1.52. The minimum absolute atomic E-state index is 0.0962. The number of nitrogens with zero attached hydrogens (tertiary/aromatic N) is 2. The Bertz CT molecular complexity index is 1040. The Labute approximate surface area is 173 Å². The number of anilines is 1. The first-order chi connectivity index (χ1) is 14.2. The smallest absolute Gasteiger partial charge is 0.354 e. The quantitative estimate of drug-likeness (QED) is 0.556. The highest BCUT2D eigenvalue weighted by Gasteiger charge is 2.20. The van der Waals surface area contributed by atoms with Crippen molar-refractivity contribution in [2.45, 2.75) is 32.7 Å². The highest BCUT2D eigenvalue weighted by Crippen LogP contribution is 2.24. The zero-order chi connectivity index (χ0) is 21.7. The number of aromatic carboxylic acids is 1. The van der Waals surface area contributed by atoms with Crippen LogP contribution in [0.2, 0.25) is 0 Å². The summed E-state index contributed by atoms with van der Waals surface area (Å²) in [4.78, 5) is 26.8. The lowest BCUT2D eigenvalue weighted by Gasteiger charge is -2.12. The average molecular weight is 410 g/mol. The first-order valence-electron chi connectivity index (χ1n) is 9.19. The molecule has 0 saturated heterocycles. The molecule has 0 unspecified atom stereocenters. The van der Waals surface area contributed by atoms with E-state index in [1.54, 1.807) is 36.4 Å². The first kappa shape index (κ1) is 20.8. The number of benzene rings is 1. The molecule has 0 aliphatic carbocycles. The average Bonchev–Trinajstić information content (AvgIpc) is 3.16. The van der Waals surface area contributed by atoms with Gasteiger partial charge in [-0.05, 0) is 23.8 Å². The molecule has 0 atom stereocenters. The van der Waals surface area contributed by atoms with Gasteiger partial charge in [-0.25, -0.2) is 14.6 Å². The summed E-state index contributed by atoms with van der Waals surface area (Å²) >= 11 is 0. The van der Waals surface area contributed by atoms with Crippen LogP contribution >= 0.6 is 0 Å². The number of carboxylic acid groups (broad SMARTS) is 1. The molecule has 0 fully saturated rings. The minimum atomic E-state index is -1.12. The summed E-state index contributed by atoms with van der Waals surface area (Å²) in [7, 11) is 0. The van der Waals surface area contributed by atoms with Crippen LogP contribution in [0.3, 0.4) is 0 Å². The number of hydrogen-bond donors (Lipinski definition) is 3. The van der Waals surface area contributed by atoms with Crippen LogP contribution < -0.4 is 15.4 Å². The maximum atomic E-state index is 12.1. The van der Waals surface area contributed by atoms with Crippen molar-refractivity contribution in [3.8, 4) is 11.5 Å². The van der Waals surface area contributed by atoms with Crippen LogP contribution in [0.25, 0.3) is 0 Å². The molecule has 0 spiro atoms. The van der Waals surface area contributed by atoms with Gasteiger partial charge in [-0.2, -0.15) is 0 Å². The lowest BCUT2D eigenvalue weighted by molar-refractivity contribution is 0.0690. The van der Waals surface area contributed by atoms with Crippen molar-refractivity contribution in [3.63, 3.8) is 0 Å². The van der Waals surface area contributed by atoms with Crippen molar-refractivity contribution >= 4 is 17.8 Å². The van der Waals surface area contributed by atoms with Crippen molar-refractivity contribution in [3.05, 3.63) is 65.7 Å². The van der Waals surface area contributed by atoms with Crippen LogP contribution in [-0.4, -0.2) is 27.2 Å². The highest BCUT2D eigenvalue weighted by molar-refractivity contribution is 5.88. The van der Waals surface area contributed by atoms with Crippen LogP contribution in [0.4, 0.5) is 10.6 Å². The van der Waals surface area contributed by atoms with E-state index in [4.69, 9.17) is 14.4 Å². The van der Waals surface area contributed by atoms with Gasteiger partial charge in [0.05, 0.1) is 0 Å². The van der Waals surface area contributed by atoms with Crippen molar-refractivity contribution in [2.75, 3.05) is 5.32 Å². The molecule has 2 aromatic heterocycles. The van der Waals surface area contributed by atoms with Gasteiger partial charge in [-0.15, -0.1) is 0 Å². The number of carboxylic acids is 1. The lowest BCUT2D eigenvalue weighted by Crippen LogP contribution is -2.28. The maximum absolute atomic E-state index is 12.1. The Morgan fingerprint density at radius 2 is 1.83 bits per heavy atom. The van der Waals surface area contributed by atoms with Crippen molar-refractivity contribution < 1.29 is 24.0 Å². The van der Waals surface area contributed by atoms with Gasteiger partial charge < -0.3 is 19.7 Å². The minimum Gasteiger partial charge on any atom is -0.477 e. The molecular formula is C21H22N4O5. The largest absolute Gasteiger partial charge is 0.477 e. The molecule has 3 aromatic rings. The van der Waals surface area contributed by atoms with E-state index < -0.39 is 12.0 Å². The second kappa shape index (κ2) is 8.64. The Morgan fingerprint density at radius 3 is 2.47 bits per heavy atom. The number of urea groups is 1. The molecule has 3 N–H and O–H groups in total. The van der Waals surface area contributed by atoms with E-state index in [1.165, 1.54) is 12.3 Å². The molecule has 9 nitrogen and oxygen atoms in total. The molecule has 9 heteroatoms. The van der Waals surface area contributed by atoms with Crippen LogP contribution in [0.5, 0.6) is 11.5 Å². The van der Waals surface area contributed by atoms with Crippen LogP contribution in [0.1, 0.15) is 42.6 Å². The first-order valence-corrected chi connectivity index (χ1v) is 9.19. The van der Waals surface area contributed by atoms with E-state index in [9.17, 15) is 9.59 Å². The third-order valence-corrected chi connectivity index (χ3v) is 4.05. The SMILES string of the molecule is CC(C)(C)c1cc(NC(=O)NCc2ccc(Oc3ccnc(C(=O)O)c3)cc2)no1. The Hall–Kier alpha value is -3.88. The second-order valence-electron chi connectivity index (χ2n) is 7.56. The summed E-state index contributed by atoms with van der Waals surface area (Å²) in [6, 6.07) is 11.2. The number of carbonyl (C=O) groups excluding carboxylic acids is 1. The van der Waals surface area contributed by atoms with Gasteiger partial charge in [0.15, 0.2) is 11.5 Å². The Kier molecular flexibility index (Phi) is 6.01. The second-order valence-corrected chi connectivity index (χ2v) is 7.56. The highest BCUT2D eigenvalue weighted by atomic mass is 16.5. The third kappa shape index (κ3) is 5.57. The molecule has 2 amide bonds. The normalized spacial score (nSPS) is 11.0. The van der Waals surface area contributed by atoms with Gasteiger partial charge in [0.2, 0.25) is 0 Å².